The summed E-state index contributed by atoms with van der Waals surface area (Å²) < 4.78 is 0. The molecule has 8 heteroatoms. The Kier molecular flexibility index (Phi) is 8.23. The molecule has 3 amide bonds. The number of carbonyl (C=O) groups excluding carboxylic acids is 3. The summed E-state index contributed by atoms with van der Waals surface area (Å²) >= 11 is 0. The smallest absolute Gasteiger partial charge is 0.247 e. The van der Waals surface area contributed by atoms with E-state index in [9.17, 15) is 14.4 Å². The standard InChI is InChI=1S/C35H35N5O3/c1-24(41)39-20-6-5-10-32(39)35(43)36-28-17-14-25(15-18-28)12-13-27-16-19-29-30(22-27)38-34(37-29)31-11-7-21-40(31)33(42)23-26-8-3-2-4-9-26/h2-4,8-9,14-19,22,31-32H,5-7,10-11,20-21,23H2,1H3,(H,36,43)(H,37,38)/t31-,32-/m0/s1. The van der Waals surface area contributed by atoms with Gasteiger partial charge in [0.15, 0.2) is 0 Å². The van der Waals surface area contributed by atoms with Crippen LogP contribution in [-0.2, 0) is 20.8 Å². The zero-order chi connectivity index (χ0) is 29.8. The number of hydrogen-bond donors (Lipinski definition) is 2. The first-order chi connectivity index (χ1) is 20.9. The summed E-state index contributed by atoms with van der Waals surface area (Å²) in [7, 11) is 0. The van der Waals surface area contributed by atoms with E-state index >= 15 is 0 Å². The van der Waals surface area contributed by atoms with Crippen molar-refractivity contribution in [3.05, 3.63) is 95.3 Å². The van der Waals surface area contributed by atoms with Crippen LogP contribution < -0.4 is 5.32 Å². The second-order valence-electron chi connectivity index (χ2n) is 11.3. The second kappa shape index (κ2) is 12.5. The number of likely N-dealkylation sites (tertiary alicyclic amines) is 2. The number of aromatic amines is 1. The molecule has 0 unspecified atom stereocenters. The van der Waals surface area contributed by atoms with Crippen molar-refractivity contribution in [2.45, 2.75) is 57.5 Å². The van der Waals surface area contributed by atoms with Crippen LogP contribution in [0.25, 0.3) is 11.0 Å². The number of nitrogens with one attached hydrogen (secondary N) is 2. The van der Waals surface area contributed by atoms with Crippen molar-refractivity contribution >= 4 is 34.4 Å². The van der Waals surface area contributed by atoms with Crippen molar-refractivity contribution in [1.82, 2.24) is 19.8 Å². The van der Waals surface area contributed by atoms with E-state index in [1.165, 1.54) is 6.92 Å². The van der Waals surface area contributed by atoms with Crippen LogP contribution in [0.4, 0.5) is 5.69 Å². The molecular formula is C35H35N5O3. The lowest BCUT2D eigenvalue weighted by Crippen LogP contribution is -2.49. The maximum Gasteiger partial charge on any atom is 0.247 e. The molecule has 2 fully saturated rings. The Morgan fingerprint density at radius 1 is 0.884 bits per heavy atom. The molecule has 6 rings (SSSR count). The Hall–Kier alpha value is -4.90. The van der Waals surface area contributed by atoms with Crippen molar-refractivity contribution in [2.75, 3.05) is 18.4 Å². The number of amides is 3. The van der Waals surface area contributed by atoms with Gasteiger partial charge in [-0.3, -0.25) is 14.4 Å². The van der Waals surface area contributed by atoms with Crippen LogP contribution in [0.2, 0.25) is 0 Å². The van der Waals surface area contributed by atoms with Crippen LogP contribution in [0.1, 0.15) is 67.6 Å². The fourth-order valence-electron chi connectivity index (χ4n) is 6.07. The molecule has 8 nitrogen and oxygen atoms in total. The van der Waals surface area contributed by atoms with E-state index in [1.54, 1.807) is 4.90 Å². The van der Waals surface area contributed by atoms with Crippen molar-refractivity contribution < 1.29 is 14.4 Å². The number of hydrogen-bond acceptors (Lipinski definition) is 4. The highest BCUT2D eigenvalue weighted by Gasteiger charge is 2.32. The first kappa shape index (κ1) is 28.2. The summed E-state index contributed by atoms with van der Waals surface area (Å²) in [5.74, 6) is 7.14. The molecule has 2 atom stereocenters. The van der Waals surface area contributed by atoms with Crippen molar-refractivity contribution in [3.63, 3.8) is 0 Å². The largest absolute Gasteiger partial charge is 0.340 e. The molecule has 3 aromatic carbocycles. The maximum absolute atomic E-state index is 13.1. The number of rotatable bonds is 5. The van der Waals surface area contributed by atoms with Crippen molar-refractivity contribution in [1.29, 1.82) is 0 Å². The molecule has 0 aliphatic carbocycles. The van der Waals surface area contributed by atoms with Gasteiger partial charge in [-0.1, -0.05) is 42.2 Å². The van der Waals surface area contributed by atoms with Crippen LogP contribution in [0.3, 0.4) is 0 Å². The zero-order valence-electron chi connectivity index (χ0n) is 24.3. The van der Waals surface area contributed by atoms with Gasteiger partial charge < -0.3 is 20.1 Å². The fraction of sp³-hybridized carbons (Fsp3) is 0.314. The molecule has 43 heavy (non-hydrogen) atoms. The molecule has 0 radical (unpaired) electrons. The monoisotopic (exact) mass is 573 g/mol. The summed E-state index contributed by atoms with van der Waals surface area (Å²) in [6, 6.07) is 22.7. The normalized spacial score (nSPS) is 18.3. The molecule has 1 aromatic heterocycles. The topological polar surface area (TPSA) is 98.4 Å². The Balaban J connectivity index is 1.11. The number of imidazole rings is 1. The first-order valence-corrected chi connectivity index (χ1v) is 15.0. The third-order valence-corrected chi connectivity index (χ3v) is 8.30. The van der Waals surface area contributed by atoms with Gasteiger partial charge in [0.2, 0.25) is 17.7 Å². The fourth-order valence-corrected chi connectivity index (χ4v) is 6.07. The number of aromatic nitrogens is 2. The second-order valence-corrected chi connectivity index (χ2v) is 11.3. The molecule has 4 aromatic rings. The van der Waals surface area contributed by atoms with Gasteiger partial charge in [-0.05, 0) is 80.1 Å². The quantitative estimate of drug-likeness (QED) is 0.321. The molecule has 0 spiro atoms. The predicted octanol–water partition coefficient (Wildman–Crippen LogP) is 5.21. The van der Waals surface area contributed by atoms with Gasteiger partial charge in [0.1, 0.15) is 11.9 Å². The van der Waals surface area contributed by atoms with Gasteiger partial charge in [0, 0.05) is 36.8 Å². The summed E-state index contributed by atoms with van der Waals surface area (Å²) in [5.41, 5.74) is 5.12. The Bertz CT molecular complexity index is 1700. The zero-order valence-corrected chi connectivity index (χ0v) is 24.3. The lowest BCUT2D eigenvalue weighted by atomic mass is 10.0. The Labute approximate surface area is 251 Å². The Morgan fingerprint density at radius 3 is 2.42 bits per heavy atom. The number of anilines is 1. The summed E-state index contributed by atoms with van der Waals surface area (Å²) in [5, 5.41) is 2.95. The Morgan fingerprint density at radius 2 is 1.63 bits per heavy atom. The minimum Gasteiger partial charge on any atom is -0.340 e. The first-order valence-electron chi connectivity index (χ1n) is 15.0. The van der Waals surface area contributed by atoms with Crippen molar-refractivity contribution in [3.8, 4) is 11.8 Å². The molecule has 2 aliphatic heterocycles. The molecule has 0 saturated carbocycles. The SMILES string of the molecule is CC(=O)N1CCCC[C@H]1C(=O)Nc1ccc(C#Cc2ccc3nc([C@@H]4CCCN4C(=O)Cc4ccccc4)[nH]c3c2)cc1. The summed E-state index contributed by atoms with van der Waals surface area (Å²) in [4.78, 5) is 49.8. The van der Waals surface area contributed by atoms with Crippen LogP contribution in [-0.4, -0.2) is 56.6 Å². The minimum absolute atomic E-state index is 0.0548. The maximum atomic E-state index is 13.1. The van der Waals surface area contributed by atoms with Crippen molar-refractivity contribution in [2.24, 2.45) is 0 Å². The number of benzene rings is 3. The van der Waals surface area contributed by atoms with Gasteiger partial charge in [0.05, 0.1) is 23.5 Å². The van der Waals surface area contributed by atoms with E-state index in [-0.39, 0.29) is 23.8 Å². The third-order valence-electron chi connectivity index (χ3n) is 8.30. The predicted molar refractivity (Wildman–Crippen MR) is 166 cm³/mol. The minimum atomic E-state index is -0.421. The molecule has 3 heterocycles. The third kappa shape index (κ3) is 6.46. The van der Waals surface area contributed by atoms with E-state index in [4.69, 9.17) is 4.98 Å². The van der Waals surface area contributed by atoms with Gasteiger partial charge in [-0.15, -0.1) is 0 Å². The van der Waals surface area contributed by atoms with E-state index in [0.717, 1.165) is 65.8 Å². The van der Waals surface area contributed by atoms with Gasteiger partial charge >= 0.3 is 0 Å². The highest BCUT2D eigenvalue weighted by atomic mass is 16.2. The molecule has 2 N–H and O–H groups in total. The number of piperidine rings is 1. The van der Waals surface area contributed by atoms with E-state index in [1.807, 2.05) is 77.7 Å². The van der Waals surface area contributed by atoms with Crippen LogP contribution >= 0.6 is 0 Å². The van der Waals surface area contributed by atoms with Gasteiger partial charge in [-0.2, -0.15) is 0 Å². The molecule has 218 valence electrons. The highest BCUT2D eigenvalue weighted by molar-refractivity contribution is 5.97. The van der Waals surface area contributed by atoms with Gasteiger partial charge in [0.25, 0.3) is 0 Å². The highest BCUT2D eigenvalue weighted by Crippen LogP contribution is 2.32. The molecular weight excluding hydrogens is 538 g/mol. The number of carbonyl (C=O) groups is 3. The van der Waals surface area contributed by atoms with Crippen LogP contribution in [0.5, 0.6) is 0 Å². The molecule has 2 aliphatic rings. The lowest BCUT2D eigenvalue weighted by Gasteiger charge is -2.33. The number of H-pyrrole nitrogens is 1. The molecule has 2 saturated heterocycles. The van der Waals surface area contributed by atoms with Gasteiger partial charge in [-0.25, -0.2) is 4.98 Å². The number of nitrogens with zero attached hydrogens (tertiary/aromatic N) is 3. The van der Waals surface area contributed by atoms with E-state index in [0.29, 0.717) is 25.1 Å². The summed E-state index contributed by atoms with van der Waals surface area (Å²) in [6.45, 7) is 2.88. The van der Waals surface area contributed by atoms with Crippen LogP contribution in [0.15, 0.2) is 72.8 Å². The van der Waals surface area contributed by atoms with Crippen LogP contribution in [0, 0.1) is 11.8 Å². The summed E-state index contributed by atoms with van der Waals surface area (Å²) in [6.07, 6.45) is 4.79. The lowest BCUT2D eigenvalue weighted by molar-refractivity contribution is -0.138. The number of fused-ring (bicyclic) bond motifs is 1. The van der Waals surface area contributed by atoms with E-state index < -0.39 is 6.04 Å². The van der Waals surface area contributed by atoms with E-state index in [2.05, 4.69) is 22.1 Å². The molecule has 0 bridgehead atoms. The average Bonchev–Trinajstić information content (AvgIpc) is 3.68. The average molecular weight is 574 g/mol.